The molecular weight excluding hydrogens is 460 g/mol. The lowest BCUT2D eigenvalue weighted by Crippen LogP contribution is -2.30. The van der Waals surface area contributed by atoms with Crippen molar-refractivity contribution in [3.8, 4) is 11.3 Å². The third-order valence-corrected chi connectivity index (χ3v) is 5.53. The van der Waals surface area contributed by atoms with Crippen molar-refractivity contribution in [1.82, 2.24) is 0 Å². The fourth-order valence-corrected chi connectivity index (χ4v) is 3.70. The lowest BCUT2D eigenvalue weighted by atomic mass is 10.0. The van der Waals surface area contributed by atoms with Gasteiger partial charge in [-0.1, -0.05) is 36.4 Å². The van der Waals surface area contributed by atoms with E-state index in [2.05, 4.69) is 10.6 Å². The molecule has 4 rings (SSSR count). The SMILES string of the molecule is CC(=O)Nc1ccc(NC(=O)[C@H](C)OC(=O)c2cccc3c(=O)c(C)c(-c4ccccc4)oc23)cc1. The van der Waals surface area contributed by atoms with Gasteiger partial charge in [0.05, 0.1) is 5.39 Å². The standard InChI is InChI=1S/C28H24N2O6/c1-16-24(32)22-10-7-11-23(26(22)36-25(16)19-8-5-4-6-9-19)28(34)35-17(2)27(33)30-21-14-12-20(13-15-21)29-18(3)31/h4-15,17H,1-3H3,(H,29,31)(H,30,33)/t17-/m0/s1. The van der Waals surface area contributed by atoms with Crippen LogP contribution in [0.1, 0.15) is 29.8 Å². The van der Waals surface area contributed by atoms with Gasteiger partial charge in [0.15, 0.2) is 17.1 Å². The summed E-state index contributed by atoms with van der Waals surface area (Å²) >= 11 is 0. The Labute approximate surface area is 206 Å². The van der Waals surface area contributed by atoms with Gasteiger partial charge in [-0.3, -0.25) is 14.4 Å². The number of esters is 1. The molecule has 0 spiro atoms. The molecule has 0 aliphatic rings. The average Bonchev–Trinajstić information content (AvgIpc) is 2.87. The molecule has 0 saturated carbocycles. The van der Waals surface area contributed by atoms with E-state index in [0.29, 0.717) is 28.3 Å². The third-order valence-electron chi connectivity index (χ3n) is 5.53. The quantitative estimate of drug-likeness (QED) is 0.376. The van der Waals surface area contributed by atoms with Gasteiger partial charge in [0.1, 0.15) is 11.3 Å². The molecule has 0 bridgehead atoms. The number of anilines is 2. The first-order valence-corrected chi connectivity index (χ1v) is 11.3. The zero-order chi connectivity index (χ0) is 25.8. The van der Waals surface area contributed by atoms with Gasteiger partial charge in [0, 0.05) is 29.4 Å². The Hall–Kier alpha value is -4.72. The summed E-state index contributed by atoms with van der Waals surface area (Å²) in [7, 11) is 0. The highest BCUT2D eigenvalue weighted by atomic mass is 16.5. The number of amides is 2. The largest absolute Gasteiger partial charge is 0.455 e. The van der Waals surface area contributed by atoms with Crippen LogP contribution in [0.4, 0.5) is 11.4 Å². The molecule has 1 heterocycles. The second-order valence-electron chi connectivity index (χ2n) is 8.23. The summed E-state index contributed by atoms with van der Waals surface area (Å²) in [6.45, 7) is 4.52. The van der Waals surface area contributed by atoms with Crippen LogP contribution in [-0.4, -0.2) is 23.9 Å². The maximum absolute atomic E-state index is 13.0. The first-order chi connectivity index (χ1) is 17.2. The van der Waals surface area contributed by atoms with E-state index in [1.54, 1.807) is 43.3 Å². The summed E-state index contributed by atoms with van der Waals surface area (Å²) in [5.74, 6) is -1.18. The fourth-order valence-electron chi connectivity index (χ4n) is 3.70. The summed E-state index contributed by atoms with van der Waals surface area (Å²) < 4.78 is 11.5. The van der Waals surface area contributed by atoms with Crippen LogP contribution in [0.3, 0.4) is 0 Å². The van der Waals surface area contributed by atoms with E-state index in [4.69, 9.17) is 9.15 Å². The van der Waals surface area contributed by atoms with Gasteiger partial charge in [-0.2, -0.15) is 0 Å². The van der Waals surface area contributed by atoms with Gasteiger partial charge < -0.3 is 19.8 Å². The highest BCUT2D eigenvalue weighted by molar-refractivity contribution is 6.04. The Bertz CT molecular complexity index is 1510. The number of carbonyl (C=O) groups is 3. The second-order valence-corrected chi connectivity index (χ2v) is 8.23. The second kappa shape index (κ2) is 10.3. The molecule has 8 nitrogen and oxygen atoms in total. The van der Waals surface area contributed by atoms with Gasteiger partial charge >= 0.3 is 5.97 Å². The van der Waals surface area contributed by atoms with Crippen molar-refractivity contribution in [2.75, 3.05) is 10.6 Å². The molecule has 0 aliphatic carbocycles. The van der Waals surface area contributed by atoms with Gasteiger partial charge in [-0.15, -0.1) is 0 Å². The maximum atomic E-state index is 13.0. The van der Waals surface area contributed by atoms with E-state index in [0.717, 1.165) is 0 Å². The summed E-state index contributed by atoms with van der Waals surface area (Å²) in [6, 6.07) is 20.3. The molecule has 2 N–H and O–H groups in total. The van der Waals surface area contributed by atoms with Crippen LogP contribution in [0.5, 0.6) is 0 Å². The number of nitrogens with one attached hydrogen (secondary N) is 2. The van der Waals surface area contributed by atoms with Crippen LogP contribution in [0.25, 0.3) is 22.3 Å². The molecule has 0 radical (unpaired) electrons. The molecule has 182 valence electrons. The van der Waals surface area contributed by atoms with Crippen molar-refractivity contribution in [2.24, 2.45) is 0 Å². The van der Waals surface area contributed by atoms with Crippen LogP contribution in [-0.2, 0) is 14.3 Å². The average molecular weight is 485 g/mol. The monoisotopic (exact) mass is 484 g/mol. The number of benzene rings is 3. The molecule has 0 fully saturated rings. The number of hydrogen-bond acceptors (Lipinski definition) is 6. The zero-order valence-electron chi connectivity index (χ0n) is 20.0. The summed E-state index contributed by atoms with van der Waals surface area (Å²) in [6.07, 6.45) is -1.13. The molecule has 0 saturated heterocycles. The van der Waals surface area contributed by atoms with E-state index in [1.165, 1.54) is 19.9 Å². The van der Waals surface area contributed by atoms with Gasteiger partial charge in [-0.25, -0.2) is 4.79 Å². The van der Waals surface area contributed by atoms with E-state index in [1.807, 2.05) is 30.3 Å². The molecule has 1 atom stereocenters. The molecule has 2 amide bonds. The zero-order valence-corrected chi connectivity index (χ0v) is 20.0. The molecule has 0 aliphatic heterocycles. The normalized spacial score (nSPS) is 11.5. The number of para-hydroxylation sites is 1. The van der Waals surface area contributed by atoms with Gasteiger partial charge in [0.2, 0.25) is 5.91 Å². The molecule has 3 aromatic carbocycles. The third kappa shape index (κ3) is 5.17. The highest BCUT2D eigenvalue weighted by Gasteiger charge is 2.23. The Kier molecular flexibility index (Phi) is 6.96. The topological polar surface area (TPSA) is 115 Å². The predicted octanol–water partition coefficient (Wildman–Crippen LogP) is 4.91. The van der Waals surface area contributed by atoms with E-state index in [9.17, 15) is 19.2 Å². The van der Waals surface area contributed by atoms with Crippen molar-refractivity contribution in [1.29, 1.82) is 0 Å². The molecule has 1 aromatic heterocycles. The first kappa shape index (κ1) is 24.4. The molecule has 36 heavy (non-hydrogen) atoms. The Morgan fingerprint density at radius 1 is 0.861 bits per heavy atom. The van der Waals surface area contributed by atoms with Crippen LogP contribution < -0.4 is 16.1 Å². The lowest BCUT2D eigenvalue weighted by molar-refractivity contribution is -0.123. The van der Waals surface area contributed by atoms with Crippen molar-refractivity contribution < 1.29 is 23.5 Å². The minimum absolute atomic E-state index is 0.0427. The molecule has 8 heteroatoms. The fraction of sp³-hybridized carbons (Fsp3) is 0.143. The maximum Gasteiger partial charge on any atom is 0.342 e. The van der Waals surface area contributed by atoms with Gasteiger partial charge in [-0.05, 0) is 50.2 Å². The van der Waals surface area contributed by atoms with E-state index >= 15 is 0 Å². The number of fused-ring (bicyclic) bond motifs is 1. The number of carbonyl (C=O) groups excluding carboxylic acids is 3. The Morgan fingerprint density at radius 2 is 1.50 bits per heavy atom. The predicted molar refractivity (Wildman–Crippen MR) is 137 cm³/mol. The summed E-state index contributed by atoms with van der Waals surface area (Å²) in [5, 5.41) is 5.55. The highest BCUT2D eigenvalue weighted by Crippen LogP contribution is 2.27. The van der Waals surface area contributed by atoms with E-state index < -0.39 is 18.0 Å². The van der Waals surface area contributed by atoms with Crippen molar-refractivity contribution in [3.63, 3.8) is 0 Å². The molecule has 0 unspecified atom stereocenters. The molecule has 4 aromatic rings. The minimum Gasteiger partial charge on any atom is -0.455 e. The van der Waals surface area contributed by atoms with Crippen LogP contribution in [0.2, 0.25) is 0 Å². The lowest BCUT2D eigenvalue weighted by Gasteiger charge is -2.15. The van der Waals surface area contributed by atoms with Crippen LogP contribution in [0.15, 0.2) is 82.0 Å². The first-order valence-electron chi connectivity index (χ1n) is 11.3. The smallest absolute Gasteiger partial charge is 0.342 e. The Balaban J connectivity index is 1.56. The Morgan fingerprint density at radius 3 is 2.14 bits per heavy atom. The van der Waals surface area contributed by atoms with E-state index in [-0.39, 0.29) is 27.9 Å². The minimum atomic E-state index is -1.13. The summed E-state index contributed by atoms with van der Waals surface area (Å²) in [5.41, 5.74) is 2.07. The number of ether oxygens (including phenoxy) is 1. The molecular formula is C28H24N2O6. The van der Waals surface area contributed by atoms with Crippen LogP contribution in [0, 0.1) is 6.92 Å². The van der Waals surface area contributed by atoms with Crippen molar-refractivity contribution in [3.05, 3.63) is 94.1 Å². The van der Waals surface area contributed by atoms with Crippen molar-refractivity contribution >= 4 is 40.1 Å². The number of hydrogen-bond donors (Lipinski definition) is 2. The summed E-state index contributed by atoms with van der Waals surface area (Å²) in [4.78, 5) is 49.8. The van der Waals surface area contributed by atoms with Crippen molar-refractivity contribution in [2.45, 2.75) is 26.9 Å². The van der Waals surface area contributed by atoms with Crippen LogP contribution >= 0.6 is 0 Å². The van der Waals surface area contributed by atoms with Gasteiger partial charge in [0.25, 0.3) is 5.91 Å². The number of rotatable bonds is 6.